The quantitative estimate of drug-likeness (QED) is 0.455. The molecule has 4 atom stereocenters. The Balaban J connectivity index is 0.00000324. The molecule has 0 heterocycles. The van der Waals surface area contributed by atoms with Crippen molar-refractivity contribution in [1.82, 2.24) is 4.90 Å². The summed E-state index contributed by atoms with van der Waals surface area (Å²) in [5.41, 5.74) is 6.01. The van der Waals surface area contributed by atoms with Crippen LogP contribution in [0.3, 0.4) is 0 Å². The molecule has 4 rings (SSSR count). The number of aryl methyl sites for hydroxylation is 1. The fraction of sp³-hybridized carbons (Fsp3) is 0.600. The average Bonchev–Trinajstić information content (AvgIpc) is 2.81. The van der Waals surface area contributed by atoms with Gasteiger partial charge in [-0.1, -0.05) is 57.5 Å². The van der Waals surface area contributed by atoms with E-state index in [1.165, 1.54) is 37.7 Å². The van der Waals surface area contributed by atoms with Crippen molar-refractivity contribution in [2.45, 2.75) is 89.2 Å². The molecule has 0 amide bonds. The molecule has 0 aliphatic heterocycles. The molecule has 0 radical (unpaired) electrons. The van der Waals surface area contributed by atoms with Gasteiger partial charge < -0.3 is 14.7 Å². The molecule has 4 unspecified atom stereocenters. The lowest BCUT2D eigenvalue weighted by Crippen LogP contribution is -2.60. The SMILES string of the molecule is COc1ccc(C(O)CCN(C)C2(C)CCCC3(C)c4ccc(C(C)C)cc4CCC32)cc1.Cl. The molecule has 4 heteroatoms. The Hall–Kier alpha value is -1.55. The molecule has 188 valence electrons. The Morgan fingerprint density at radius 1 is 1.06 bits per heavy atom. The van der Waals surface area contributed by atoms with Crippen LogP contribution in [0.15, 0.2) is 42.5 Å². The molecule has 1 saturated carbocycles. The van der Waals surface area contributed by atoms with Gasteiger partial charge in [-0.2, -0.15) is 0 Å². The summed E-state index contributed by atoms with van der Waals surface area (Å²) >= 11 is 0. The Morgan fingerprint density at radius 3 is 2.38 bits per heavy atom. The van der Waals surface area contributed by atoms with Crippen LogP contribution in [-0.2, 0) is 11.8 Å². The highest BCUT2D eigenvalue weighted by atomic mass is 35.5. The first-order chi connectivity index (χ1) is 15.7. The molecule has 3 nitrogen and oxygen atoms in total. The molecule has 2 aromatic carbocycles. The number of fused-ring (bicyclic) bond motifs is 3. The number of rotatable bonds is 7. The molecule has 2 aliphatic carbocycles. The predicted molar refractivity (Wildman–Crippen MR) is 144 cm³/mol. The van der Waals surface area contributed by atoms with E-state index in [0.29, 0.717) is 11.8 Å². The number of methoxy groups -OCH3 is 1. The maximum Gasteiger partial charge on any atom is 0.118 e. The molecule has 1 fully saturated rings. The van der Waals surface area contributed by atoms with Crippen molar-refractivity contribution in [1.29, 1.82) is 0 Å². The molecular weight excluding hydrogens is 442 g/mol. The van der Waals surface area contributed by atoms with E-state index in [1.54, 1.807) is 18.2 Å². The highest BCUT2D eigenvalue weighted by Gasteiger charge is 2.53. The van der Waals surface area contributed by atoms with Gasteiger partial charge in [0, 0.05) is 12.1 Å². The summed E-state index contributed by atoms with van der Waals surface area (Å²) in [5, 5.41) is 10.8. The second-order valence-corrected chi connectivity index (χ2v) is 11.3. The number of hydrogen-bond donors (Lipinski definition) is 1. The molecule has 0 saturated heterocycles. The van der Waals surface area contributed by atoms with E-state index >= 15 is 0 Å². The van der Waals surface area contributed by atoms with Crippen LogP contribution in [0.1, 0.15) is 94.1 Å². The van der Waals surface area contributed by atoms with Crippen LogP contribution in [-0.4, -0.2) is 36.2 Å². The van der Waals surface area contributed by atoms with Gasteiger partial charge in [0.2, 0.25) is 0 Å². The van der Waals surface area contributed by atoms with Crippen LogP contribution >= 0.6 is 12.4 Å². The van der Waals surface area contributed by atoms with Gasteiger partial charge in [-0.25, -0.2) is 0 Å². The van der Waals surface area contributed by atoms with E-state index in [1.807, 2.05) is 24.3 Å². The van der Waals surface area contributed by atoms with Crippen molar-refractivity contribution < 1.29 is 9.84 Å². The summed E-state index contributed by atoms with van der Waals surface area (Å²) in [7, 11) is 3.95. The third kappa shape index (κ3) is 4.90. The van der Waals surface area contributed by atoms with Gasteiger partial charge in [-0.05, 0) is 97.7 Å². The number of benzene rings is 2. The molecule has 0 aromatic heterocycles. The largest absolute Gasteiger partial charge is 0.497 e. The molecule has 34 heavy (non-hydrogen) atoms. The fourth-order valence-electron chi connectivity index (χ4n) is 6.86. The molecule has 0 spiro atoms. The Bertz CT molecular complexity index is 959. The lowest BCUT2D eigenvalue weighted by atomic mass is 9.52. The van der Waals surface area contributed by atoms with E-state index in [4.69, 9.17) is 4.74 Å². The monoisotopic (exact) mass is 485 g/mol. The van der Waals surface area contributed by atoms with E-state index in [2.05, 4.69) is 57.8 Å². The van der Waals surface area contributed by atoms with Crippen LogP contribution in [0, 0.1) is 5.92 Å². The number of nitrogens with zero attached hydrogens (tertiary/aromatic N) is 1. The van der Waals surface area contributed by atoms with E-state index in [-0.39, 0.29) is 23.4 Å². The molecule has 1 N–H and O–H groups in total. The zero-order valence-corrected chi connectivity index (χ0v) is 22.8. The topological polar surface area (TPSA) is 32.7 Å². The van der Waals surface area contributed by atoms with Gasteiger partial charge in [0.15, 0.2) is 0 Å². The summed E-state index contributed by atoms with van der Waals surface area (Å²) in [6.45, 7) is 10.5. The highest BCUT2D eigenvalue weighted by molar-refractivity contribution is 5.85. The molecular formula is C30H44ClNO2. The number of halogens is 1. The van der Waals surface area contributed by atoms with E-state index in [0.717, 1.165) is 24.3 Å². The van der Waals surface area contributed by atoms with Crippen molar-refractivity contribution in [3.05, 3.63) is 64.7 Å². The van der Waals surface area contributed by atoms with Crippen LogP contribution in [0.4, 0.5) is 0 Å². The normalized spacial score (nSPS) is 27.0. The summed E-state index contributed by atoms with van der Waals surface area (Å²) in [5.74, 6) is 2.05. The third-order valence-corrected chi connectivity index (χ3v) is 9.12. The van der Waals surface area contributed by atoms with E-state index in [9.17, 15) is 5.11 Å². The average molecular weight is 486 g/mol. The summed E-state index contributed by atoms with van der Waals surface area (Å²) < 4.78 is 5.25. The zero-order chi connectivity index (χ0) is 23.8. The minimum atomic E-state index is -0.446. The minimum Gasteiger partial charge on any atom is -0.497 e. The fourth-order valence-corrected chi connectivity index (χ4v) is 6.86. The standard InChI is InChI=1S/C30H43NO2.ClH/c1-21(2)23-10-14-26-24(20-23)11-15-28-29(26,3)17-7-18-30(28,4)31(5)19-16-27(32)22-8-12-25(33-6)13-9-22;/h8-10,12-14,20-21,27-28,32H,7,11,15-19H2,1-6H3;1H. The lowest BCUT2D eigenvalue weighted by Gasteiger charge is -2.58. The maximum absolute atomic E-state index is 10.8. The van der Waals surface area contributed by atoms with Crippen LogP contribution < -0.4 is 4.74 Å². The van der Waals surface area contributed by atoms with Gasteiger partial charge in [-0.3, -0.25) is 0 Å². The van der Waals surface area contributed by atoms with Crippen molar-refractivity contribution in [2.24, 2.45) is 5.92 Å². The summed E-state index contributed by atoms with van der Waals surface area (Å²) in [4.78, 5) is 2.56. The van der Waals surface area contributed by atoms with Crippen LogP contribution in [0.5, 0.6) is 5.75 Å². The lowest BCUT2D eigenvalue weighted by molar-refractivity contribution is -0.0258. The van der Waals surface area contributed by atoms with Crippen molar-refractivity contribution >= 4 is 12.4 Å². The number of hydrogen-bond acceptors (Lipinski definition) is 3. The van der Waals surface area contributed by atoms with E-state index < -0.39 is 6.10 Å². The van der Waals surface area contributed by atoms with Gasteiger partial charge >= 0.3 is 0 Å². The second-order valence-electron chi connectivity index (χ2n) is 11.3. The highest BCUT2D eigenvalue weighted by Crippen LogP contribution is 2.55. The first-order valence-electron chi connectivity index (χ1n) is 12.9. The van der Waals surface area contributed by atoms with Gasteiger partial charge in [0.25, 0.3) is 0 Å². The smallest absolute Gasteiger partial charge is 0.118 e. The van der Waals surface area contributed by atoms with Gasteiger partial charge in [0.1, 0.15) is 5.75 Å². The zero-order valence-electron chi connectivity index (χ0n) is 21.9. The summed E-state index contributed by atoms with van der Waals surface area (Å²) in [6, 6.07) is 15.1. The number of ether oxygens (including phenoxy) is 1. The third-order valence-electron chi connectivity index (χ3n) is 9.12. The van der Waals surface area contributed by atoms with Crippen molar-refractivity contribution in [3.63, 3.8) is 0 Å². The van der Waals surface area contributed by atoms with Crippen molar-refractivity contribution in [3.8, 4) is 5.75 Å². The van der Waals surface area contributed by atoms with Gasteiger partial charge in [0.05, 0.1) is 13.2 Å². The first kappa shape index (κ1) is 27.0. The minimum absolute atomic E-state index is 0. The Morgan fingerprint density at radius 2 is 1.74 bits per heavy atom. The molecule has 0 bridgehead atoms. The number of aliphatic hydroxyl groups is 1. The molecule has 2 aromatic rings. The predicted octanol–water partition coefficient (Wildman–Crippen LogP) is 7.06. The second kappa shape index (κ2) is 10.6. The van der Waals surface area contributed by atoms with Gasteiger partial charge in [-0.15, -0.1) is 12.4 Å². The first-order valence-corrected chi connectivity index (χ1v) is 12.9. The van der Waals surface area contributed by atoms with Crippen molar-refractivity contribution in [2.75, 3.05) is 20.7 Å². The number of aliphatic hydroxyl groups excluding tert-OH is 1. The van der Waals surface area contributed by atoms with Crippen LogP contribution in [0.2, 0.25) is 0 Å². The summed E-state index contributed by atoms with van der Waals surface area (Å²) in [6.07, 6.45) is 6.53. The van der Waals surface area contributed by atoms with Crippen LogP contribution in [0.25, 0.3) is 0 Å². The molecule has 2 aliphatic rings. The Labute approximate surface area is 213 Å². The Kier molecular flexibility index (Phi) is 8.43. The maximum atomic E-state index is 10.8.